The fourth-order valence-corrected chi connectivity index (χ4v) is 4.53. The van der Waals surface area contributed by atoms with E-state index in [4.69, 9.17) is 14.3 Å². The van der Waals surface area contributed by atoms with E-state index in [1.165, 1.54) is 4.90 Å². The molecule has 1 N–H and O–H groups in total. The molecule has 7 heteroatoms. The van der Waals surface area contributed by atoms with Gasteiger partial charge in [-0.05, 0) is 41.3 Å². The molecule has 0 aliphatic carbocycles. The van der Waals surface area contributed by atoms with Gasteiger partial charge in [-0.25, -0.2) is 9.69 Å². The van der Waals surface area contributed by atoms with E-state index < -0.39 is 6.09 Å². The van der Waals surface area contributed by atoms with E-state index in [0.717, 1.165) is 28.1 Å². The van der Waals surface area contributed by atoms with Gasteiger partial charge in [-0.2, -0.15) is 0 Å². The number of hydrogen-bond donors (Lipinski definition) is 1. The molecule has 184 valence electrons. The van der Waals surface area contributed by atoms with Crippen molar-refractivity contribution in [2.24, 2.45) is 0 Å². The van der Waals surface area contributed by atoms with E-state index in [9.17, 15) is 9.59 Å². The molecular weight excluding hydrogens is 456 g/mol. The molecule has 0 saturated carbocycles. The largest absolute Gasteiger partial charge is 0.489 e. The van der Waals surface area contributed by atoms with Crippen molar-refractivity contribution < 1.29 is 23.9 Å². The van der Waals surface area contributed by atoms with Crippen LogP contribution in [0.3, 0.4) is 0 Å². The van der Waals surface area contributed by atoms with Crippen LogP contribution >= 0.6 is 0 Å². The van der Waals surface area contributed by atoms with Crippen LogP contribution in [0.5, 0.6) is 5.75 Å². The van der Waals surface area contributed by atoms with Gasteiger partial charge >= 0.3 is 6.09 Å². The quantitative estimate of drug-likeness (QED) is 0.473. The molecule has 1 fully saturated rings. The molecule has 36 heavy (non-hydrogen) atoms. The summed E-state index contributed by atoms with van der Waals surface area (Å²) in [6.45, 7) is 1.09. The van der Waals surface area contributed by atoms with Crippen molar-refractivity contribution in [1.29, 1.82) is 0 Å². The summed E-state index contributed by atoms with van der Waals surface area (Å²) in [5, 5.41) is 0. The predicted octanol–water partition coefficient (Wildman–Crippen LogP) is 4.75. The molecule has 0 bridgehead atoms. The first-order chi connectivity index (χ1) is 17.7. The number of carbonyl (C=O) groups is 2. The molecule has 7 nitrogen and oxygen atoms in total. The minimum atomic E-state index is -0.589. The fraction of sp³-hybridized carbons (Fsp3) is 0.241. The first kappa shape index (κ1) is 23.6. The number of hydroxylamine groups is 1. The molecular formula is C29H28N2O5. The number of carbonyl (C=O) groups excluding carboxylic acids is 2. The highest BCUT2D eigenvalue weighted by molar-refractivity contribution is 5.94. The molecule has 2 aliphatic rings. The molecule has 3 aromatic carbocycles. The maximum atomic E-state index is 13.4. The zero-order valence-electron chi connectivity index (χ0n) is 19.8. The summed E-state index contributed by atoms with van der Waals surface area (Å²) in [6.07, 6.45) is 1.99. The second-order valence-electron chi connectivity index (χ2n) is 8.86. The van der Waals surface area contributed by atoms with Gasteiger partial charge in [-0.15, -0.1) is 0 Å². The zero-order chi connectivity index (χ0) is 24.7. The first-order valence-corrected chi connectivity index (χ1v) is 12.0. The van der Waals surface area contributed by atoms with Crippen LogP contribution in [0.25, 0.3) is 0 Å². The van der Waals surface area contributed by atoms with Gasteiger partial charge in [0.1, 0.15) is 19.0 Å². The van der Waals surface area contributed by atoms with Crippen LogP contribution in [0.15, 0.2) is 96.7 Å². The molecule has 2 heterocycles. The van der Waals surface area contributed by atoms with Crippen LogP contribution in [0.4, 0.5) is 4.79 Å². The number of allylic oxidation sites excluding steroid dienone is 1. The Kier molecular flexibility index (Phi) is 7.28. The van der Waals surface area contributed by atoms with E-state index in [2.05, 4.69) is 5.48 Å². The summed E-state index contributed by atoms with van der Waals surface area (Å²) in [6, 6.07) is 27.1. The third kappa shape index (κ3) is 5.58. The number of imide groups is 1. The maximum Gasteiger partial charge on any atom is 0.416 e. The smallest absolute Gasteiger partial charge is 0.416 e. The number of hydrogen-bond acceptors (Lipinski definition) is 6. The Morgan fingerprint density at radius 2 is 1.67 bits per heavy atom. The van der Waals surface area contributed by atoms with E-state index in [1.54, 1.807) is 0 Å². The van der Waals surface area contributed by atoms with Gasteiger partial charge in [0.15, 0.2) is 0 Å². The Bertz CT molecular complexity index is 1210. The number of amides is 2. The lowest BCUT2D eigenvalue weighted by Crippen LogP contribution is -2.41. The van der Waals surface area contributed by atoms with Crippen molar-refractivity contribution in [2.75, 3.05) is 13.2 Å². The van der Waals surface area contributed by atoms with Crippen LogP contribution in [-0.2, 0) is 27.4 Å². The molecule has 3 aromatic rings. The topological polar surface area (TPSA) is 77.1 Å². The van der Waals surface area contributed by atoms with Crippen molar-refractivity contribution in [3.63, 3.8) is 0 Å². The molecule has 2 amide bonds. The number of cyclic esters (lactones) is 1. The molecule has 0 spiro atoms. The van der Waals surface area contributed by atoms with Crippen molar-refractivity contribution in [3.8, 4) is 5.75 Å². The third-order valence-electron chi connectivity index (χ3n) is 6.41. The lowest BCUT2D eigenvalue weighted by atomic mass is 9.91. The summed E-state index contributed by atoms with van der Waals surface area (Å²) in [5.74, 6) is 0.166. The lowest BCUT2D eigenvalue weighted by Gasteiger charge is -2.24. The van der Waals surface area contributed by atoms with Gasteiger partial charge in [0, 0.05) is 18.0 Å². The van der Waals surface area contributed by atoms with Crippen LogP contribution in [0.1, 0.15) is 29.0 Å². The van der Waals surface area contributed by atoms with E-state index in [0.29, 0.717) is 19.6 Å². The van der Waals surface area contributed by atoms with Crippen LogP contribution in [-0.4, -0.2) is 36.2 Å². The highest BCUT2D eigenvalue weighted by Crippen LogP contribution is 2.31. The SMILES string of the molecule is O=C(C[C@H](C1=CCON1)c1ccc(OCc2ccccc2)cc1)N1C(=O)OC[C@@H]1Cc1ccccc1. The molecule has 0 aromatic heterocycles. The highest BCUT2D eigenvalue weighted by Gasteiger charge is 2.39. The average molecular weight is 485 g/mol. The summed E-state index contributed by atoms with van der Waals surface area (Å²) >= 11 is 0. The number of benzene rings is 3. The third-order valence-corrected chi connectivity index (χ3v) is 6.41. The number of ether oxygens (including phenoxy) is 2. The van der Waals surface area contributed by atoms with Gasteiger partial charge < -0.3 is 9.47 Å². The average Bonchev–Trinajstić information content (AvgIpc) is 3.58. The summed E-state index contributed by atoms with van der Waals surface area (Å²) < 4.78 is 11.2. The summed E-state index contributed by atoms with van der Waals surface area (Å²) in [7, 11) is 0. The van der Waals surface area contributed by atoms with Crippen molar-refractivity contribution in [1.82, 2.24) is 10.4 Å². The standard InChI is InChI=1S/C29H28N2O5/c32-28(31-24(20-35-29(31)33)17-21-7-3-1-4-8-21)18-26(27-15-16-36-30-27)23-11-13-25(14-12-23)34-19-22-9-5-2-6-10-22/h1-15,24,26,30H,16-20H2/t24-,26-/m0/s1. The van der Waals surface area contributed by atoms with Crippen LogP contribution in [0, 0.1) is 0 Å². The fourth-order valence-electron chi connectivity index (χ4n) is 4.53. The van der Waals surface area contributed by atoms with Gasteiger partial charge in [0.05, 0.1) is 12.6 Å². The molecule has 5 rings (SSSR count). The van der Waals surface area contributed by atoms with Crippen molar-refractivity contribution >= 4 is 12.0 Å². The normalized spacial score (nSPS) is 17.8. The lowest BCUT2D eigenvalue weighted by molar-refractivity contribution is -0.129. The number of nitrogens with one attached hydrogen (secondary N) is 1. The Balaban J connectivity index is 1.29. The van der Waals surface area contributed by atoms with E-state index in [-0.39, 0.29) is 30.9 Å². The minimum Gasteiger partial charge on any atom is -0.489 e. The van der Waals surface area contributed by atoms with E-state index in [1.807, 2.05) is 91.0 Å². The molecule has 2 aliphatic heterocycles. The van der Waals surface area contributed by atoms with Gasteiger partial charge in [-0.1, -0.05) is 72.8 Å². The van der Waals surface area contributed by atoms with Crippen molar-refractivity contribution in [3.05, 3.63) is 113 Å². The Hall–Kier alpha value is -4.10. The predicted molar refractivity (Wildman–Crippen MR) is 134 cm³/mol. The van der Waals surface area contributed by atoms with Crippen molar-refractivity contribution in [2.45, 2.75) is 31.4 Å². The Morgan fingerprint density at radius 3 is 2.33 bits per heavy atom. The van der Waals surface area contributed by atoms with E-state index >= 15 is 0 Å². The number of nitrogens with zero attached hydrogens (tertiary/aromatic N) is 1. The molecule has 0 radical (unpaired) electrons. The molecule has 1 saturated heterocycles. The van der Waals surface area contributed by atoms with Gasteiger partial charge in [0.2, 0.25) is 5.91 Å². The zero-order valence-corrected chi connectivity index (χ0v) is 19.8. The van der Waals surface area contributed by atoms with Crippen LogP contribution < -0.4 is 10.2 Å². The monoisotopic (exact) mass is 484 g/mol. The first-order valence-electron chi connectivity index (χ1n) is 12.0. The summed E-state index contributed by atoms with van der Waals surface area (Å²) in [5.41, 5.74) is 6.78. The molecule has 2 atom stereocenters. The Morgan fingerprint density at radius 1 is 0.972 bits per heavy atom. The highest BCUT2D eigenvalue weighted by atomic mass is 16.6. The second kappa shape index (κ2) is 11.1. The number of rotatable bonds is 9. The van der Waals surface area contributed by atoms with Gasteiger partial charge in [0.25, 0.3) is 0 Å². The van der Waals surface area contributed by atoms with Gasteiger partial charge in [-0.3, -0.25) is 15.1 Å². The Labute approximate surface area is 210 Å². The summed E-state index contributed by atoms with van der Waals surface area (Å²) in [4.78, 5) is 32.5. The maximum absolute atomic E-state index is 13.4. The van der Waals surface area contributed by atoms with Crippen LogP contribution in [0.2, 0.25) is 0 Å². The molecule has 0 unspecified atom stereocenters. The minimum absolute atomic E-state index is 0.104. The second-order valence-corrected chi connectivity index (χ2v) is 8.86.